The van der Waals surface area contributed by atoms with Crippen molar-refractivity contribution in [2.45, 2.75) is 189 Å². The molecule has 0 spiro atoms. The molecule has 0 radical (unpaired) electrons. The SMILES string of the molecule is CCCCCCCCCCCCCCCCCCCCCCC(F)(F)C(F)(F)C(F)(F)C(F)(F)C(F)(F)C(F)(F)C(F)(F)C(F)(F)F. The van der Waals surface area contributed by atoms with Gasteiger partial charge >= 0.3 is 47.6 Å². The maximum Gasteiger partial charge on any atom is 0.460 e. The Labute approximate surface area is 264 Å². The van der Waals surface area contributed by atoms with Crippen LogP contribution >= 0.6 is 0 Å². The van der Waals surface area contributed by atoms with Crippen molar-refractivity contribution in [3.63, 3.8) is 0 Å². The number of hydrogen-bond donors (Lipinski definition) is 0. The lowest BCUT2D eigenvalue weighted by molar-refractivity contribution is -0.461. The summed E-state index contributed by atoms with van der Waals surface area (Å²) in [6.07, 6.45) is 6.64. The first kappa shape index (κ1) is 45.8. The Morgan fingerprint density at radius 3 is 0.723 bits per heavy atom. The maximum atomic E-state index is 13.9. The van der Waals surface area contributed by atoms with Gasteiger partial charge in [0.15, 0.2) is 0 Å². The van der Waals surface area contributed by atoms with Crippen molar-refractivity contribution in [2.75, 3.05) is 0 Å². The van der Waals surface area contributed by atoms with E-state index in [9.17, 15) is 74.6 Å². The molecule has 0 atom stereocenters. The fourth-order valence-electron chi connectivity index (χ4n) is 4.96. The Kier molecular flexibility index (Phi) is 18.2. The third kappa shape index (κ3) is 11.4. The van der Waals surface area contributed by atoms with Crippen molar-refractivity contribution < 1.29 is 74.6 Å². The van der Waals surface area contributed by atoms with E-state index in [1.54, 1.807) is 0 Å². The van der Waals surface area contributed by atoms with Crippen molar-refractivity contribution in [3.8, 4) is 0 Å². The molecule has 0 aliphatic rings. The zero-order valence-electron chi connectivity index (χ0n) is 26.3. The Balaban J connectivity index is 4.60. The highest BCUT2D eigenvalue weighted by Crippen LogP contribution is 2.64. The monoisotopic (exact) mass is 728 g/mol. The second kappa shape index (κ2) is 18.7. The van der Waals surface area contributed by atoms with Gasteiger partial charge in [0, 0.05) is 6.42 Å². The molecule has 0 heterocycles. The lowest BCUT2D eigenvalue weighted by Crippen LogP contribution is -2.74. The van der Waals surface area contributed by atoms with Crippen LogP contribution in [0.15, 0.2) is 0 Å². The van der Waals surface area contributed by atoms with Gasteiger partial charge in [-0.1, -0.05) is 129 Å². The number of alkyl halides is 17. The van der Waals surface area contributed by atoms with E-state index < -0.39 is 60.5 Å². The zero-order valence-corrected chi connectivity index (χ0v) is 26.3. The van der Waals surface area contributed by atoms with Crippen LogP contribution in [0.1, 0.15) is 142 Å². The minimum Gasteiger partial charge on any atom is -0.200 e. The van der Waals surface area contributed by atoms with Crippen LogP contribution in [0.25, 0.3) is 0 Å². The standard InChI is InChI=1S/C30H45F17/c1-2-3-4-5-6-7-8-9-10-11-12-13-14-15-16-17-18-19-20-21-22-23(31,32)24(33,34)25(35,36)26(37,38)27(39,40)28(41,42)29(43,44)30(45,46)47/h2-22H2,1H3. The molecule has 0 fully saturated rings. The smallest absolute Gasteiger partial charge is 0.200 e. The number of unbranched alkanes of at least 4 members (excludes halogenated alkanes) is 19. The van der Waals surface area contributed by atoms with E-state index in [2.05, 4.69) is 6.92 Å². The molecule has 0 saturated heterocycles. The lowest BCUT2D eigenvalue weighted by Gasteiger charge is -2.42. The quantitative estimate of drug-likeness (QED) is 0.0584. The highest BCUT2D eigenvalue weighted by Gasteiger charge is 2.95. The van der Waals surface area contributed by atoms with Crippen molar-refractivity contribution >= 4 is 0 Å². The van der Waals surface area contributed by atoms with Gasteiger partial charge in [-0.05, 0) is 6.42 Å². The molecular formula is C30H45F17. The van der Waals surface area contributed by atoms with Crippen LogP contribution in [-0.2, 0) is 0 Å². The van der Waals surface area contributed by atoms with Crippen molar-refractivity contribution in [3.05, 3.63) is 0 Å². The van der Waals surface area contributed by atoms with Gasteiger partial charge in [0.05, 0.1) is 0 Å². The summed E-state index contributed by atoms with van der Waals surface area (Å²) in [5.41, 5.74) is 0. The van der Waals surface area contributed by atoms with Crippen LogP contribution < -0.4 is 0 Å². The molecule has 0 N–H and O–H groups in total. The average molecular weight is 729 g/mol. The molecule has 0 aromatic heterocycles. The van der Waals surface area contributed by atoms with E-state index in [1.807, 2.05) is 0 Å². The second-order valence-electron chi connectivity index (χ2n) is 12.1. The molecule has 0 aliphatic carbocycles. The van der Waals surface area contributed by atoms with Crippen LogP contribution in [-0.4, -0.2) is 47.6 Å². The maximum absolute atomic E-state index is 13.9. The first-order valence-electron chi connectivity index (χ1n) is 16.0. The molecule has 0 aromatic carbocycles. The molecule has 0 nitrogen and oxygen atoms in total. The summed E-state index contributed by atoms with van der Waals surface area (Å²) in [5, 5.41) is 0. The summed E-state index contributed by atoms with van der Waals surface area (Å²) in [7, 11) is 0. The van der Waals surface area contributed by atoms with Crippen LogP contribution in [0.4, 0.5) is 74.6 Å². The van der Waals surface area contributed by atoms with E-state index in [0.29, 0.717) is 12.8 Å². The van der Waals surface area contributed by atoms with E-state index in [-0.39, 0.29) is 12.8 Å². The summed E-state index contributed by atoms with van der Waals surface area (Å²) in [5.74, 6) is -55.7. The molecule has 0 saturated carbocycles. The Hall–Kier alpha value is -1.19. The molecule has 0 rings (SSSR count). The molecule has 17 heteroatoms. The van der Waals surface area contributed by atoms with E-state index >= 15 is 0 Å². The van der Waals surface area contributed by atoms with Gasteiger partial charge in [-0.2, -0.15) is 74.6 Å². The van der Waals surface area contributed by atoms with Gasteiger partial charge < -0.3 is 0 Å². The second-order valence-corrected chi connectivity index (χ2v) is 12.1. The van der Waals surface area contributed by atoms with Crippen LogP contribution in [0.3, 0.4) is 0 Å². The molecule has 0 aliphatic heterocycles. The predicted octanol–water partition coefficient (Wildman–Crippen LogP) is 14.2. The highest BCUT2D eigenvalue weighted by molar-refractivity contribution is 5.15. The third-order valence-electron chi connectivity index (χ3n) is 8.13. The Morgan fingerprint density at radius 2 is 0.468 bits per heavy atom. The molecule has 0 aromatic rings. The summed E-state index contributed by atoms with van der Waals surface area (Å²) in [6, 6.07) is 0. The van der Waals surface area contributed by atoms with Crippen molar-refractivity contribution in [2.24, 2.45) is 0 Å². The minimum absolute atomic E-state index is 0.101. The van der Waals surface area contributed by atoms with Crippen LogP contribution in [0, 0.1) is 0 Å². The van der Waals surface area contributed by atoms with Gasteiger partial charge in [0.25, 0.3) is 0 Å². The highest BCUT2D eigenvalue weighted by atomic mass is 19.4. The molecule has 47 heavy (non-hydrogen) atoms. The number of rotatable bonds is 27. The van der Waals surface area contributed by atoms with Crippen molar-refractivity contribution in [1.29, 1.82) is 0 Å². The average Bonchev–Trinajstić information content (AvgIpc) is 2.94. The van der Waals surface area contributed by atoms with Crippen molar-refractivity contribution in [1.82, 2.24) is 0 Å². The third-order valence-corrected chi connectivity index (χ3v) is 8.13. The van der Waals surface area contributed by atoms with Crippen LogP contribution in [0.2, 0.25) is 0 Å². The predicted molar refractivity (Wildman–Crippen MR) is 143 cm³/mol. The fraction of sp³-hybridized carbons (Fsp3) is 1.00. The van der Waals surface area contributed by atoms with Gasteiger partial charge in [0.2, 0.25) is 0 Å². The topological polar surface area (TPSA) is 0 Å². The first-order valence-corrected chi connectivity index (χ1v) is 16.0. The van der Waals surface area contributed by atoms with Gasteiger partial charge in [-0.3, -0.25) is 0 Å². The normalized spacial score (nSPS) is 14.7. The first-order chi connectivity index (χ1) is 21.3. The molecule has 0 amide bonds. The van der Waals surface area contributed by atoms with Gasteiger partial charge in [0.1, 0.15) is 0 Å². The summed E-state index contributed by atoms with van der Waals surface area (Å²) in [4.78, 5) is 0. The van der Waals surface area contributed by atoms with E-state index in [1.165, 1.54) is 57.8 Å². The molecule has 284 valence electrons. The summed E-state index contributed by atoms with van der Waals surface area (Å²) in [6.45, 7) is 2.17. The number of halogens is 17. The van der Waals surface area contributed by atoms with E-state index in [4.69, 9.17) is 0 Å². The lowest BCUT2D eigenvalue weighted by atomic mass is 9.87. The van der Waals surface area contributed by atoms with E-state index in [0.717, 1.165) is 38.5 Å². The fourth-order valence-corrected chi connectivity index (χ4v) is 4.96. The van der Waals surface area contributed by atoms with Crippen LogP contribution in [0.5, 0.6) is 0 Å². The zero-order chi connectivity index (χ0) is 36.8. The molecule has 0 bridgehead atoms. The number of hydrogen-bond acceptors (Lipinski definition) is 0. The van der Waals surface area contributed by atoms with Gasteiger partial charge in [-0.25, -0.2) is 0 Å². The Bertz CT molecular complexity index is 850. The minimum atomic E-state index is -8.57. The Morgan fingerprint density at radius 1 is 0.255 bits per heavy atom. The summed E-state index contributed by atoms with van der Waals surface area (Å²) >= 11 is 0. The van der Waals surface area contributed by atoms with Gasteiger partial charge in [-0.15, -0.1) is 0 Å². The molecular weight excluding hydrogens is 683 g/mol. The molecule has 0 unspecified atom stereocenters. The largest absolute Gasteiger partial charge is 0.460 e. The summed E-state index contributed by atoms with van der Waals surface area (Å²) < 4.78 is 226.